The maximum Gasteiger partial charge on any atom is 0.435 e. The molecule has 1 aromatic carbocycles. The van der Waals surface area contributed by atoms with Crippen molar-refractivity contribution >= 4 is 27.4 Å². The van der Waals surface area contributed by atoms with E-state index < -0.39 is 33.6 Å². The molecule has 1 unspecified atom stereocenters. The smallest absolute Gasteiger partial charge is 0.382 e. The van der Waals surface area contributed by atoms with Crippen LogP contribution in [0.1, 0.15) is 58.9 Å². The maximum atomic E-state index is 14.6. The average Bonchev–Trinajstić information content (AvgIpc) is 3.50. The summed E-state index contributed by atoms with van der Waals surface area (Å²) in [5.74, 6) is -2.24. The van der Waals surface area contributed by atoms with Gasteiger partial charge in [0.25, 0.3) is 0 Å². The number of nitrogens with zero attached hydrogens (tertiary/aromatic N) is 4. The summed E-state index contributed by atoms with van der Waals surface area (Å²) in [5, 5.41) is 6.12. The number of amides is 1. The van der Waals surface area contributed by atoms with Crippen LogP contribution >= 0.6 is 11.3 Å². The molecule has 2 aromatic heterocycles. The lowest BCUT2D eigenvalue weighted by molar-refractivity contribution is -0.243. The van der Waals surface area contributed by atoms with Crippen molar-refractivity contribution in [3.8, 4) is 5.75 Å². The molecule has 228 valence electrons. The van der Waals surface area contributed by atoms with E-state index in [4.69, 9.17) is 18.6 Å². The number of thiazole rings is 1. The third-order valence-corrected chi connectivity index (χ3v) is 8.79. The van der Waals surface area contributed by atoms with Gasteiger partial charge in [0.15, 0.2) is 5.69 Å². The van der Waals surface area contributed by atoms with Crippen molar-refractivity contribution in [1.82, 2.24) is 19.7 Å². The monoisotopic (exact) mass is 632 g/mol. The van der Waals surface area contributed by atoms with Gasteiger partial charge in [0.1, 0.15) is 23.8 Å². The first-order valence-corrected chi connectivity index (χ1v) is 15.7. The Kier molecular flexibility index (Phi) is 8.10. The third kappa shape index (κ3) is 6.45. The molecule has 1 atom stereocenters. The number of aromatic nitrogens is 3. The number of hydrogen-bond donors (Lipinski definition) is 0. The van der Waals surface area contributed by atoms with E-state index in [1.807, 2.05) is 0 Å². The van der Waals surface area contributed by atoms with Gasteiger partial charge in [0, 0.05) is 41.2 Å². The molecular weight excluding hydrogens is 604 g/mol. The minimum atomic E-state index is -4.58. The Labute approximate surface area is 243 Å². The molecule has 4 heterocycles. The Morgan fingerprint density at radius 3 is 2.48 bits per heavy atom. The molecule has 0 N–H and O–H groups in total. The number of alkyl halides is 3. The number of rotatable bonds is 6. The van der Waals surface area contributed by atoms with Crippen LogP contribution in [0.4, 0.5) is 17.6 Å². The zero-order valence-corrected chi connectivity index (χ0v) is 24.5. The highest BCUT2D eigenvalue weighted by atomic mass is 32.2. The molecule has 0 radical (unpaired) electrons. The Morgan fingerprint density at radius 1 is 1.19 bits per heavy atom. The molecule has 10 nitrogen and oxygen atoms in total. The first-order valence-electron chi connectivity index (χ1n) is 13.0. The van der Waals surface area contributed by atoms with Gasteiger partial charge in [-0.05, 0) is 44.9 Å². The number of likely N-dealkylation sites (tertiary alicyclic amines) is 1. The van der Waals surface area contributed by atoms with Gasteiger partial charge < -0.3 is 18.6 Å². The van der Waals surface area contributed by atoms with Crippen molar-refractivity contribution in [1.29, 1.82) is 0 Å². The molecule has 16 heteroatoms. The molecule has 2 aliphatic rings. The van der Waals surface area contributed by atoms with Gasteiger partial charge in [-0.2, -0.15) is 26.7 Å². The molecule has 2 aliphatic heterocycles. The molecule has 5 rings (SSSR count). The Morgan fingerprint density at radius 2 is 1.86 bits per heavy atom. The summed E-state index contributed by atoms with van der Waals surface area (Å²) in [7, 11) is -3.86. The van der Waals surface area contributed by atoms with Crippen LogP contribution in [0, 0.1) is 12.7 Å². The van der Waals surface area contributed by atoms with Gasteiger partial charge >= 0.3 is 16.3 Å². The van der Waals surface area contributed by atoms with E-state index in [-0.39, 0.29) is 54.2 Å². The van der Waals surface area contributed by atoms with Crippen LogP contribution < -0.4 is 4.18 Å². The second-order valence-electron chi connectivity index (χ2n) is 10.4. The van der Waals surface area contributed by atoms with E-state index in [1.54, 1.807) is 17.2 Å². The lowest BCUT2D eigenvalue weighted by Gasteiger charge is -2.31. The predicted octanol–water partition coefficient (Wildman–Crippen LogP) is 4.47. The van der Waals surface area contributed by atoms with E-state index in [0.717, 1.165) is 28.1 Å². The van der Waals surface area contributed by atoms with E-state index in [1.165, 1.54) is 24.3 Å². The SMILES string of the molecule is Cc1cc(C(F)(F)F)nn1CC(=O)N1CCC(c2nc(C3(C)OCc4c(F)ccc(OS(C)(=O)=O)c4CO3)cs2)CC1. The number of hydrogen-bond acceptors (Lipinski definition) is 9. The summed E-state index contributed by atoms with van der Waals surface area (Å²) >= 11 is 1.40. The van der Waals surface area contributed by atoms with Crippen LogP contribution in [0.5, 0.6) is 5.75 Å². The van der Waals surface area contributed by atoms with Gasteiger partial charge in [-0.1, -0.05) is 0 Å². The number of aryl methyl sites for hydroxylation is 1. The van der Waals surface area contributed by atoms with Gasteiger partial charge in [-0.25, -0.2) is 9.37 Å². The quantitative estimate of drug-likeness (QED) is 0.289. The molecule has 0 bridgehead atoms. The summed E-state index contributed by atoms with van der Waals surface area (Å²) in [6, 6.07) is 3.26. The van der Waals surface area contributed by atoms with Crippen molar-refractivity contribution < 1.29 is 44.4 Å². The second-order valence-corrected chi connectivity index (χ2v) is 12.8. The first-order chi connectivity index (χ1) is 19.6. The fourth-order valence-electron chi connectivity index (χ4n) is 4.90. The number of fused-ring (bicyclic) bond motifs is 1. The average molecular weight is 633 g/mol. The Balaban J connectivity index is 1.22. The third-order valence-electron chi connectivity index (χ3n) is 7.30. The second kappa shape index (κ2) is 11.2. The fourth-order valence-corrected chi connectivity index (χ4v) is 6.46. The van der Waals surface area contributed by atoms with Crippen LogP contribution in [0.3, 0.4) is 0 Å². The topological polar surface area (TPSA) is 113 Å². The maximum absolute atomic E-state index is 14.6. The lowest BCUT2D eigenvalue weighted by Crippen LogP contribution is -2.40. The molecule has 0 aliphatic carbocycles. The zero-order chi connectivity index (χ0) is 30.4. The largest absolute Gasteiger partial charge is 0.435 e. The number of benzene rings is 1. The van der Waals surface area contributed by atoms with Gasteiger partial charge in [-0.15, -0.1) is 11.3 Å². The molecule has 0 spiro atoms. The van der Waals surface area contributed by atoms with Crippen molar-refractivity contribution in [3.63, 3.8) is 0 Å². The number of ether oxygens (including phenoxy) is 2. The minimum absolute atomic E-state index is 0.0365. The molecule has 1 fully saturated rings. The van der Waals surface area contributed by atoms with Crippen molar-refractivity contribution in [2.45, 2.75) is 64.3 Å². The summed E-state index contributed by atoms with van der Waals surface area (Å²) in [4.78, 5) is 19.1. The van der Waals surface area contributed by atoms with Crippen molar-refractivity contribution in [2.75, 3.05) is 19.3 Å². The highest BCUT2D eigenvalue weighted by Gasteiger charge is 2.38. The number of halogens is 4. The molecule has 1 saturated heterocycles. The molecule has 42 heavy (non-hydrogen) atoms. The standard InChI is InChI=1S/C26H28F4N4O6S2/c1-15-10-21(26(28,29)30)32-34(15)11-23(35)33-8-6-16(7-9-33)24-31-22(14-41-24)25(2)38-12-17-18(13-39-25)20(5-4-19(17)27)40-42(3,36)37/h4-5,10,14,16H,6-9,11-13H2,1-3H3. The van der Waals surface area contributed by atoms with Crippen LogP contribution in [0.15, 0.2) is 23.6 Å². The first kappa shape index (κ1) is 30.4. The predicted molar refractivity (Wildman–Crippen MR) is 141 cm³/mol. The minimum Gasteiger partial charge on any atom is -0.382 e. The summed E-state index contributed by atoms with van der Waals surface area (Å²) in [6.07, 6.45) is -2.48. The Bertz CT molecular complexity index is 1600. The number of carbonyl (C=O) groups is 1. The van der Waals surface area contributed by atoms with Crippen molar-refractivity contribution in [2.24, 2.45) is 0 Å². The normalized spacial score (nSPS) is 20.3. The fraction of sp³-hybridized carbons (Fsp3) is 0.500. The number of carbonyl (C=O) groups excluding carboxylic acids is 1. The van der Waals surface area contributed by atoms with E-state index in [9.17, 15) is 30.8 Å². The van der Waals surface area contributed by atoms with Crippen LogP contribution in [0.25, 0.3) is 0 Å². The summed E-state index contributed by atoms with van der Waals surface area (Å²) < 4.78 is 94.9. The van der Waals surface area contributed by atoms with Crippen molar-refractivity contribution in [3.05, 3.63) is 62.6 Å². The lowest BCUT2D eigenvalue weighted by atomic mass is 9.97. The van der Waals surface area contributed by atoms with Crippen LogP contribution in [-0.4, -0.2) is 53.3 Å². The molecule has 0 saturated carbocycles. The Hall–Kier alpha value is -3.08. The molecule has 1 amide bonds. The highest BCUT2D eigenvalue weighted by Crippen LogP contribution is 2.39. The summed E-state index contributed by atoms with van der Waals surface area (Å²) in [6.45, 7) is 3.28. The van der Waals surface area contributed by atoms with Crippen LogP contribution in [-0.2, 0) is 56.1 Å². The van der Waals surface area contributed by atoms with E-state index in [0.29, 0.717) is 31.6 Å². The van der Waals surface area contributed by atoms with Gasteiger partial charge in [0.2, 0.25) is 11.7 Å². The molecular formula is C26H28F4N4O6S2. The van der Waals surface area contributed by atoms with Gasteiger partial charge in [-0.3, -0.25) is 9.48 Å². The number of piperidine rings is 1. The highest BCUT2D eigenvalue weighted by molar-refractivity contribution is 7.86. The summed E-state index contributed by atoms with van der Waals surface area (Å²) in [5.41, 5.74) is 0.0544. The molecule has 3 aromatic rings. The van der Waals surface area contributed by atoms with Gasteiger partial charge in [0.05, 0.1) is 24.5 Å². The van der Waals surface area contributed by atoms with Crippen LogP contribution in [0.2, 0.25) is 0 Å². The van der Waals surface area contributed by atoms with E-state index >= 15 is 0 Å². The van der Waals surface area contributed by atoms with E-state index in [2.05, 4.69) is 5.10 Å². The zero-order valence-electron chi connectivity index (χ0n) is 22.9.